The van der Waals surface area contributed by atoms with E-state index in [0.717, 1.165) is 29.8 Å². The van der Waals surface area contributed by atoms with Gasteiger partial charge in [0.25, 0.3) is 0 Å². The monoisotopic (exact) mass is 308 g/mol. The molecule has 23 heavy (non-hydrogen) atoms. The topological polar surface area (TPSA) is 23.6 Å². The highest BCUT2D eigenvalue weighted by atomic mass is 19.1. The van der Waals surface area contributed by atoms with Crippen molar-refractivity contribution in [2.24, 2.45) is 0 Å². The first kappa shape index (κ1) is 14.2. The first-order valence-corrected chi connectivity index (χ1v) is 7.74. The van der Waals surface area contributed by atoms with Crippen LogP contribution in [-0.2, 0) is 11.2 Å². The molecule has 0 aromatic heterocycles. The molecule has 0 bridgehead atoms. The van der Waals surface area contributed by atoms with Crippen LogP contribution in [0.2, 0.25) is 0 Å². The van der Waals surface area contributed by atoms with Gasteiger partial charge in [-0.1, -0.05) is 36.9 Å². The van der Waals surface area contributed by atoms with E-state index in [-0.39, 0.29) is 17.9 Å². The Balaban J connectivity index is 1.59. The standard InChI is InChI=1S/C19H17FN2O/c1-13-16-11-15(20)7-8-17(16)22-18(23)12-21(19(13)22)10-9-14-5-3-2-4-6-14/h2-8,11,19H,1,9-10,12H2. The summed E-state index contributed by atoms with van der Waals surface area (Å²) in [5.74, 6) is -0.246. The van der Waals surface area contributed by atoms with Crippen LogP contribution in [-0.4, -0.2) is 30.1 Å². The molecule has 3 nitrogen and oxygen atoms in total. The molecule has 1 saturated heterocycles. The second-order valence-corrected chi connectivity index (χ2v) is 6.03. The van der Waals surface area contributed by atoms with Crippen LogP contribution in [0.4, 0.5) is 10.1 Å². The molecule has 0 spiro atoms. The minimum Gasteiger partial charge on any atom is -0.290 e. The van der Waals surface area contributed by atoms with Crippen LogP contribution in [0.5, 0.6) is 0 Å². The summed E-state index contributed by atoms with van der Waals surface area (Å²) in [5.41, 5.74) is 3.56. The highest BCUT2D eigenvalue weighted by molar-refractivity contribution is 6.07. The third-order valence-electron chi connectivity index (χ3n) is 4.60. The van der Waals surface area contributed by atoms with Crippen LogP contribution >= 0.6 is 0 Å². The number of hydrogen-bond donors (Lipinski definition) is 0. The predicted molar refractivity (Wildman–Crippen MR) is 88.4 cm³/mol. The smallest absolute Gasteiger partial charge is 0.242 e. The molecule has 0 saturated carbocycles. The van der Waals surface area contributed by atoms with E-state index in [1.54, 1.807) is 11.0 Å². The van der Waals surface area contributed by atoms with Gasteiger partial charge in [0.2, 0.25) is 5.91 Å². The molecule has 2 aliphatic heterocycles. The van der Waals surface area contributed by atoms with Crippen molar-refractivity contribution in [1.29, 1.82) is 0 Å². The SMILES string of the molecule is C=C1c2cc(F)ccc2N2C(=O)CN(CCc3ccccc3)C12. The maximum absolute atomic E-state index is 13.5. The highest BCUT2D eigenvalue weighted by Crippen LogP contribution is 2.43. The number of benzene rings is 2. The van der Waals surface area contributed by atoms with Gasteiger partial charge < -0.3 is 0 Å². The first-order valence-electron chi connectivity index (χ1n) is 7.74. The zero-order valence-electron chi connectivity index (χ0n) is 12.7. The normalized spacial score (nSPS) is 20.0. The van der Waals surface area contributed by atoms with E-state index in [1.807, 2.05) is 18.2 Å². The second kappa shape index (κ2) is 5.32. The number of fused-ring (bicyclic) bond motifs is 3. The van der Waals surface area contributed by atoms with Gasteiger partial charge in [-0.15, -0.1) is 0 Å². The molecule has 2 aliphatic rings. The Bertz CT molecular complexity index is 787. The average molecular weight is 308 g/mol. The summed E-state index contributed by atoms with van der Waals surface area (Å²) in [7, 11) is 0. The number of nitrogens with zero attached hydrogens (tertiary/aromatic N) is 2. The zero-order chi connectivity index (χ0) is 16.0. The third-order valence-corrected chi connectivity index (χ3v) is 4.60. The van der Waals surface area contributed by atoms with E-state index in [0.29, 0.717) is 6.54 Å². The van der Waals surface area contributed by atoms with Crippen molar-refractivity contribution in [3.63, 3.8) is 0 Å². The Labute approximate surface area is 134 Å². The molecule has 116 valence electrons. The number of carbonyl (C=O) groups is 1. The maximum atomic E-state index is 13.5. The van der Waals surface area contributed by atoms with Crippen molar-refractivity contribution >= 4 is 17.2 Å². The molecular formula is C19H17FN2O. The van der Waals surface area contributed by atoms with E-state index < -0.39 is 0 Å². The summed E-state index contributed by atoms with van der Waals surface area (Å²) in [6.07, 6.45) is 0.694. The van der Waals surface area contributed by atoms with Gasteiger partial charge in [0, 0.05) is 12.1 Å². The van der Waals surface area contributed by atoms with Gasteiger partial charge in [-0.3, -0.25) is 14.6 Å². The van der Waals surface area contributed by atoms with Crippen molar-refractivity contribution in [2.45, 2.75) is 12.6 Å². The number of anilines is 1. The molecule has 2 aromatic rings. The largest absolute Gasteiger partial charge is 0.290 e. The van der Waals surface area contributed by atoms with Gasteiger partial charge in [0.15, 0.2) is 0 Å². The molecule has 0 radical (unpaired) electrons. The zero-order valence-corrected chi connectivity index (χ0v) is 12.7. The van der Waals surface area contributed by atoms with Crippen LogP contribution in [0.1, 0.15) is 11.1 Å². The fraction of sp³-hybridized carbons (Fsp3) is 0.211. The van der Waals surface area contributed by atoms with E-state index in [2.05, 4.69) is 23.6 Å². The molecule has 1 amide bonds. The number of amides is 1. The Morgan fingerprint density at radius 1 is 1.17 bits per heavy atom. The number of halogens is 1. The molecule has 1 fully saturated rings. The van der Waals surface area contributed by atoms with Crippen molar-refractivity contribution in [3.8, 4) is 0 Å². The first-order chi connectivity index (χ1) is 11.1. The molecule has 1 unspecified atom stereocenters. The number of rotatable bonds is 3. The van der Waals surface area contributed by atoms with Crippen LogP contribution in [0.3, 0.4) is 0 Å². The van der Waals surface area contributed by atoms with E-state index in [1.165, 1.54) is 17.7 Å². The van der Waals surface area contributed by atoms with Gasteiger partial charge in [-0.05, 0) is 35.8 Å². The molecular weight excluding hydrogens is 291 g/mol. The average Bonchev–Trinajstić information content (AvgIpc) is 3.03. The van der Waals surface area contributed by atoms with E-state index in [4.69, 9.17) is 0 Å². The molecule has 0 N–H and O–H groups in total. The molecule has 0 aliphatic carbocycles. The van der Waals surface area contributed by atoms with Crippen LogP contribution < -0.4 is 4.90 Å². The van der Waals surface area contributed by atoms with Gasteiger partial charge in [-0.2, -0.15) is 0 Å². The number of hydrogen-bond acceptors (Lipinski definition) is 2. The lowest BCUT2D eigenvalue weighted by atomic mass is 10.1. The van der Waals surface area contributed by atoms with Gasteiger partial charge >= 0.3 is 0 Å². The lowest BCUT2D eigenvalue weighted by molar-refractivity contribution is -0.116. The summed E-state index contributed by atoms with van der Waals surface area (Å²) >= 11 is 0. The minimum absolute atomic E-state index is 0.0505. The Hall–Kier alpha value is -2.46. The summed E-state index contributed by atoms with van der Waals surface area (Å²) in [4.78, 5) is 16.3. The summed E-state index contributed by atoms with van der Waals surface area (Å²) in [5, 5.41) is 0. The molecule has 4 heteroatoms. The quantitative estimate of drug-likeness (QED) is 0.870. The minimum atomic E-state index is -0.297. The van der Waals surface area contributed by atoms with E-state index in [9.17, 15) is 9.18 Å². The lowest BCUT2D eigenvalue weighted by Crippen LogP contribution is -2.37. The molecule has 4 rings (SSSR count). The predicted octanol–water partition coefficient (Wildman–Crippen LogP) is 3.07. The summed E-state index contributed by atoms with van der Waals surface area (Å²) < 4.78 is 13.5. The van der Waals surface area contributed by atoms with Crippen molar-refractivity contribution in [1.82, 2.24) is 4.90 Å². The van der Waals surface area contributed by atoms with Gasteiger partial charge in [-0.25, -0.2) is 4.39 Å². The van der Waals surface area contributed by atoms with Crippen LogP contribution in [0, 0.1) is 5.82 Å². The third kappa shape index (κ3) is 2.26. The Morgan fingerprint density at radius 3 is 2.74 bits per heavy atom. The van der Waals surface area contributed by atoms with Crippen LogP contribution in [0.15, 0.2) is 55.1 Å². The lowest BCUT2D eigenvalue weighted by Gasteiger charge is -2.24. The summed E-state index contributed by atoms with van der Waals surface area (Å²) in [6, 6.07) is 14.7. The fourth-order valence-electron chi connectivity index (χ4n) is 3.51. The fourth-order valence-corrected chi connectivity index (χ4v) is 3.51. The van der Waals surface area contributed by atoms with E-state index >= 15 is 0 Å². The van der Waals surface area contributed by atoms with Crippen LogP contribution in [0.25, 0.3) is 5.57 Å². The van der Waals surface area contributed by atoms with Crippen molar-refractivity contribution < 1.29 is 9.18 Å². The molecule has 1 atom stereocenters. The van der Waals surface area contributed by atoms with Crippen molar-refractivity contribution in [3.05, 3.63) is 72.1 Å². The molecule has 2 aromatic carbocycles. The second-order valence-electron chi connectivity index (χ2n) is 6.03. The molecule has 2 heterocycles. The summed E-state index contributed by atoms with van der Waals surface area (Å²) in [6.45, 7) is 5.27. The van der Waals surface area contributed by atoms with Gasteiger partial charge in [0.05, 0.1) is 12.2 Å². The van der Waals surface area contributed by atoms with Gasteiger partial charge in [0.1, 0.15) is 12.0 Å². The Morgan fingerprint density at radius 2 is 1.96 bits per heavy atom. The maximum Gasteiger partial charge on any atom is 0.242 e. The number of carbonyl (C=O) groups excluding carboxylic acids is 1. The Kier molecular flexibility index (Phi) is 3.27. The van der Waals surface area contributed by atoms with Crippen molar-refractivity contribution in [2.75, 3.05) is 18.0 Å². The highest BCUT2D eigenvalue weighted by Gasteiger charge is 2.46.